The summed E-state index contributed by atoms with van der Waals surface area (Å²) in [7, 11) is 0. The molecule has 0 N–H and O–H groups in total. The third-order valence-electron chi connectivity index (χ3n) is 4.58. The minimum absolute atomic E-state index is 0.112. The van der Waals surface area contributed by atoms with Gasteiger partial charge in [-0.3, -0.25) is 9.36 Å². The second-order valence-corrected chi connectivity index (χ2v) is 8.81. The van der Waals surface area contributed by atoms with E-state index in [1.807, 2.05) is 42.0 Å². The number of hydrogen-bond acceptors (Lipinski definition) is 6. The molecule has 0 fully saturated rings. The number of ketones is 1. The SMILES string of the molecule is Cc1cc(C(=O)CSCc2cc(Cl)cc3c2OCOC3)c(C)n1-c1nccs1. The van der Waals surface area contributed by atoms with Gasteiger partial charge in [0.05, 0.1) is 12.4 Å². The lowest BCUT2D eigenvalue weighted by Crippen LogP contribution is -2.13. The first kappa shape index (κ1) is 19.5. The maximum absolute atomic E-state index is 12.8. The van der Waals surface area contributed by atoms with Crippen molar-refractivity contribution in [3.8, 4) is 10.9 Å². The second kappa shape index (κ2) is 8.29. The number of halogens is 1. The molecule has 0 amide bonds. The maximum atomic E-state index is 12.8. The van der Waals surface area contributed by atoms with Crippen molar-refractivity contribution in [3.05, 3.63) is 62.9 Å². The quantitative estimate of drug-likeness (QED) is 0.500. The van der Waals surface area contributed by atoms with Crippen LogP contribution in [0.4, 0.5) is 0 Å². The number of benzene rings is 1. The molecule has 146 valence electrons. The summed E-state index contributed by atoms with van der Waals surface area (Å²) in [5.41, 5.74) is 4.64. The Bertz CT molecular complexity index is 1020. The molecule has 0 bridgehead atoms. The number of carbonyl (C=O) groups excluding carboxylic acids is 1. The van der Waals surface area contributed by atoms with Crippen LogP contribution in [0.5, 0.6) is 5.75 Å². The molecule has 0 spiro atoms. The summed E-state index contributed by atoms with van der Waals surface area (Å²) in [5, 5.41) is 3.47. The minimum atomic E-state index is 0.112. The van der Waals surface area contributed by atoms with E-state index < -0.39 is 0 Å². The van der Waals surface area contributed by atoms with Gasteiger partial charge in [-0.2, -0.15) is 0 Å². The number of thioether (sulfide) groups is 1. The van der Waals surface area contributed by atoms with Crippen molar-refractivity contribution in [1.82, 2.24) is 9.55 Å². The van der Waals surface area contributed by atoms with E-state index >= 15 is 0 Å². The molecule has 0 unspecified atom stereocenters. The Morgan fingerprint density at radius 3 is 3.00 bits per heavy atom. The number of carbonyl (C=O) groups is 1. The number of ether oxygens (including phenoxy) is 2. The number of thiazole rings is 1. The molecule has 0 atom stereocenters. The first-order valence-corrected chi connectivity index (χ1v) is 11.2. The van der Waals surface area contributed by atoms with Crippen LogP contribution in [0.3, 0.4) is 0 Å². The highest BCUT2D eigenvalue weighted by Crippen LogP contribution is 2.34. The summed E-state index contributed by atoms with van der Waals surface area (Å²) >= 11 is 9.33. The van der Waals surface area contributed by atoms with Crippen molar-refractivity contribution < 1.29 is 14.3 Å². The molecule has 8 heteroatoms. The summed E-state index contributed by atoms with van der Waals surface area (Å²) in [6.07, 6.45) is 1.77. The fourth-order valence-corrected chi connectivity index (χ4v) is 5.25. The Kier molecular flexibility index (Phi) is 5.78. The Balaban J connectivity index is 1.46. The van der Waals surface area contributed by atoms with Crippen molar-refractivity contribution in [1.29, 1.82) is 0 Å². The molecular formula is C20H19ClN2O3S2. The van der Waals surface area contributed by atoms with Gasteiger partial charge in [0.2, 0.25) is 0 Å². The number of Topliss-reactive ketones (excluding diaryl/α,β-unsaturated/α-hetero) is 1. The zero-order valence-electron chi connectivity index (χ0n) is 15.5. The lowest BCUT2D eigenvalue weighted by molar-refractivity contribution is -0.0168. The number of aromatic nitrogens is 2. The number of fused-ring (bicyclic) bond motifs is 1. The predicted molar refractivity (Wildman–Crippen MR) is 113 cm³/mol. The fourth-order valence-electron chi connectivity index (χ4n) is 3.36. The van der Waals surface area contributed by atoms with E-state index in [0.717, 1.165) is 39.0 Å². The van der Waals surface area contributed by atoms with Gasteiger partial charge >= 0.3 is 0 Å². The van der Waals surface area contributed by atoms with Gasteiger partial charge < -0.3 is 9.47 Å². The van der Waals surface area contributed by atoms with Gasteiger partial charge in [0.1, 0.15) is 5.75 Å². The molecule has 1 aliphatic heterocycles. The van der Waals surface area contributed by atoms with E-state index in [0.29, 0.717) is 23.1 Å². The van der Waals surface area contributed by atoms with Crippen molar-refractivity contribution in [2.75, 3.05) is 12.5 Å². The average Bonchev–Trinajstić information content (AvgIpc) is 3.29. The topological polar surface area (TPSA) is 53.4 Å². The molecule has 0 saturated carbocycles. The van der Waals surface area contributed by atoms with Crippen molar-refractivity contribution in [2.45, 2.75) is 26.2 Å². The molecule has 3 aromatic rings. The monoisotopic (exact) mass is 434 g/mol. The van der Waals surface area contributed by atoms with E-state index in [1.165, 1.54) is 0 Å². The van der Waals surface area contributed by atoms with Gasteiger partial charge in [0, 0.05) is 50.4 Å². The molecule has 28 heavy (non-hydrogen) atoms. The molecule has 5 nitrogen and oxygen atoms in total. The Labute approximate surface area is 176 Å². The molecular weight excluding hydrogens is 416 g/mol. The highest BCUT2D eigenvalue weighted by Gasteiger charge is 2.19. The summed E-state index contributed by atoms with van der Waals surface area (Å²) in [5.74, 6) is 1.98. The summed E-state index contributed by atoms with van der Waals surface area (Å²) < 4.78 is 13.0. The molecule has 0 radical (unpaired) electrons. The summed E-state index contributed by atoms with van der Waals surface area (Å²) in [6.45, 7) is 4.70. The van der Waals surface area contributed by atoms with Crippen LogP contribution in [0.15, 0.2) is 29.8 Å². The first-order chi connectivity index (χ1) is 13.5. The van der Waals surface area contributed by atoms with Crippen LogP contribution in [0.1, 0.15) is 32.9 Å². The molecule has 4 rings (SSSR count). The lowest BCUT2D eigenvalue weighted by Gasteiger charge is -2.21. The van der Waals surface area contributed by atoms with E-state index in [-0.39, 0.29) is 12.6 Å². The minimum Gasteiger partial charge on any atom is -0.467 e. The van der Waals surface area contributed by atoms with Crippen LogP contribution in [0, 0.1) is 13.8 Å². The van der Waals surface area contributed by atoms with Crippen molar-refractivity contribution in [3.63, 3.8) is 0 Å². The van der Waals surface area contributed by atoms with Gasteiger partial charge in [-0.1, -0.05) is 11.6 Å². The van der Waals surface area contributed by atoms with E-state index in [9.17, 15) is 4.79 Å². The fraction of sp³-hybridized carbons (Fsp3) is 0.300. The standard InChI is InChI=1S/C20H19ClN2O3S2/c1-12-5-17(13(2)23(12)20-22-3-4-28-20)18(24)10-27-9-15-7-16(21)6-14-8-25-11-26-19(14)15/h3-7H,8-11H2,1-2H3. The first-order valence-electron chi connectivity index (χ1n) is 8.76. The number of hydrogen-bond donors (Lipinski definition) is 0. The number of aryl methyl sites for hydroxylation is 1. The average molecular weight is 435 g/mol. The highest BCUT2D eigenvalue weighted by atomic mass is 35.5. The Morgan fingerprint density at radius 2 is 2.21 bits per heavy atom. The lowest BCUT2D eigenvalue weighted by atomic mass is 10.1. The van der Waals surface area contributed by atoms with E-state index in [2.05, 4.69) is 4.98 Å². The third kappa shape index (κ3) is 3.85. The number of nitrogens with zero attached hydrogens (tertiary/aromatic N) is 2. The van der Waals surface area contributed by atoms with E-state index in [4.69, 9.17) is 21.1 Å². The van der Waals surface area contributed by atoms with Crippen LogP contribution >= 0.6 is 34.7 Å². The maximum Gasteiger partial charge on any atom is 0.193 e. The van der Waals surface area contributed by atoms with Gasteiger partial charge in [-0.25, -0.2) is 4.98 Å². The largest absolute Gasteiger partial charge is 0.467 e. The summed E-state index contributed by atoms with van der Waals surface area (Å²) in [4.78, 5) is 17.2. The summed E-state index contributed by atoms with van der Waals surface area (Å²) in [6, 6.07) is 5.71. The normalized spacial score (nSPS) is 13.2. The third-order valence-corrected chi connectivity index (χ3v) is 6.54. The van der Waals surface area contributed by atoms with Gasteiger partial charge in [-0.15, -0.1) is 23.1 Å². The van der Waals surface area contributed by atoms with Gasteiger partial charge in [0.15, 0.2) is 17.7 Å². The molecule has 1 aromatic carbocycles. The highest BCUT2D eigenvalue weighted by molar-refractivity contribution is 7.99. The zero-order chi connectivity index (χ0) is 19.7. The van der Waals surface area contributed by atoms with Gasteiger partial charge in [0.25, 0.3) is 0 Å². The van der Waals surface area contributed by atoms with Crippen molar-refractivity contribution in [2.24, 2.45) is 0 Å². The van der Waals surface area contributed by atoms with Gasteiger partial charge in [-0.05, 0) is 32.0 Å². The Morgan fingerprint density at radius 1 is 1.36 bits per heavy atom. The molecule has 3 heterocycles. The molecule has 0 saturated heterocycles. The molecule has 0 aliphatic carbocycles. The zero-order valence-corrected chi connectivity index (χ0v) is 17.9. The second-order valence-electron chi connectivity index (χ2n) is 6.51. The predicted octanol–water partition coefficient (Wildman–Crippen LogP) is 5.19. The van der Waals surface area contributed by atoms with Crippen LogP contribution in [0.25, 0.3) is 5.13 Å². The Hall–Kier alpha value is -1.80. The van der Waals surface area contributed by atoms with Crippen molar-refractivity contribution >= 4 is 40.5 Å². The molecule has 1 aliphatic rings. The van der Waals surface area contributed by atoms with Crippen LogP contribution in [-0.2, 0) is 17.1 Å². The van der Waals surface area contributed by atoms with Crippen LogP contribution in [-0.4, -0.2) is 27.9 Å². The smallest absolute Gasteiger partial charge is 0.193 e. The van der Waals surface area contributed by atoms with Crippen LogP contribution < -0.4 is 4.74 Å². The molecule has 2 aromatic heterocycles. The van der Waals surface area contributed by atoms with E-state index in [1.54, 1.807) is 29.3 Å². The number of rotatable bonds is 6. The van der Waals surface area contributed by atoms with Crippen LogP contribution in [0.2, 0.25) is 5.02 Å².